The quantitative estimate of drug-likeness (QED) is 0.730. The van der Waals surface area contributed by atoms with Gasteiger partial charge in [0.15, 0.2) is 0 Å². The second-order valence-electron chi connectivity index (χ2n) is 8.23. The molecule has 1 fully saturated rings. The molecule has 0 unspecified atom stereocenters. The van der Waals surface area contributed by atoms with Gasteiger partial charge < -0.3 is 9.88 Å². The van der Waals surface area contributed by atoms with Crippen LogP contribution in [0.5, 0.6) is 0 Å². The zero-order valence-electron chi connectivity index (χ0n) is 17.9. The summed E-state index contributed by atoms with van der Waals surface area (Å²) < 4.78 is 2.05. The summed E-state index contributed by atoms with van der Waals surface area (Å²) in [5, 5.41) is 12.8. The van der Waals surface area contributed by atoms with E-state index in [2.05, 4.69) is 28.4 Å². The molecule has 1 N–H and O–H groups in total. The SMILES string of the molecule is Cc1c(C#N)c(NC(=O)CN(C)C2CCCCCC2)n(Cc2ccccc2)c1C. The number of rotatable bonds is 6. The number of carbonyl (C=O) groups excluding carboxylic acids is 1. The lowest BCUT2D eigenvalue weighted by Crippen LogP contribution is -2.38. The highest BCUT2D eigenvalue weighted by Gasteiger charge is 2.22. The molecule has 29 heavy (non-hydrogen) atoms. The molecule has 0 aliphatic heterocycles. The normalized spacial score (nSPS) is 15.1. The van der Waals surface area contributed by atoms with Crippen molar-refractivity contribution in [3.63, 3.8) is 0 Å². The molecule has 1 aliphatic carbocycles. The summed E-state index contributed by atoms with van der Waals surface area (Å²) in [5.74, 6) is 0.561. The van der Waals surface area contributed by atoms with Crippen molar-refractivity contribution in [1.29, 1.82) is 5.26 Å². The molecule has 1 heterocycles. The summed E-state index contributed by atoms with van der Waals surface area (Å²) in [4.78, 5) is 15.0. The van der Waals surface area contributed by atoms with E-state index < -0.39 is 0 Å². The largest absolute Gasteiger partial charge is 0.326 e. The Labute approximate surface area is 174 Å². The number of benzene rings is 1. The highest BCUT2D eigenvalue weighted by molar-refractivity contribution is 5.93. The van der Waals surface area contributed by atoms with E-state index in [4.69, 9.17) is 0 Å². The summed E-state index contributed by atoms with van der Waals surface area (Å²) in [6.45, 7) is 4.93. The molecule has 5 nitrogen and oxygen atoms in total. The summed E-state index contributed by atoms with van der Waals surface area (Å²) in [6.07, 6.45) is 7.41. The molecule has 3 rings (SSSR count). The lowest BCUT2D eigenvalue weighted by atomic mass is 10.1. The van der Waals surface area contributed by atoms with Crippen molar-refractivity contribution in [2.45, 2.75) is 65.0 Å². The first-order valence-corrected chi connectivity index (χ1v) is 10.6. The third-order valence-electron chi connectivity index (χ3n) is 6.22. The maximum Gasteiger partial charge on any atom is 0.239 e. The Balaban J connectivity index is 1.77. The smallest absolute Gasteiger partial charge is 0.239 e. The van der Waals surface area contributed by atoms with Gasteiger partial charge in [-0.3, -0.25) is 9.69 Å². The van der Waals surface area contributed by atoms with Gasteiger partial charge in [0.25, 0.3) is 0 Å². The van der Waals surface area contributed by atoms with Crippen LogP contribution < -0.4 is 5.32 Å². The number of nitriles is 1. The predicted molar refractivity (Wildman–Crippen MR) is 117 cm³/mol. The predicted octanol–water partition coefficient (Wildman–Crippen LogP) is 4.62. The molecule has 0 spiro atoms. The van der Waals surface area contributed by atoms with Crippen molar-refractivity contribution in [2.75, 3.05) is 18.9 Å². The molecule has 5 heteroatoms. The van der Waals surface area contributed by atoms with Crippen LogP contribution in [0, 0.1) is 25.2 Å². The molecule has 1 aromatic heterocycles. The third-order valence-corrected chi connectivity index (χ3v) is 6.22. The van der Waals surface area contributed by atoms with Crippen LogP contribution in [-0.4, -0.2) is 35.0 Å². The highest BCUT2D eigenvalue weighted by atomic mass is 16.2. The number of hydrogen-bond acceptors (Lipinski definition) is 3. The standard InChI is InChI=1S/C24H32N4O/c1-18-19(2)28(16-20-11-7-6-8-12-20)24(22(18)15-25)26-23(29)17-27(3)21-13-9-4-5-10-14-21/h6-8,11-12,21H,4-5,9-10,13-14,16-17H2,1-3H3,(H,26,29). The second kappa shape index (κ2) is 9.76. The first kappa shape index (κ1) is 21.1. The van der Waals surface area contributed by atoms with E-state index in [9.17, 15) is 10.1 Å². The Morgan fingerprint density at radius 1 is 1.17 bits per heavy atom. The topological polar surface area (TPSA) is 61.1 Å². The third kappa shape index (κ3) is 5.07. The van der Waals surface area contributed by atoms with Crippen molar-refractivity contribution in [2.24, 2.45) is 0 Å². The van der Waals surface area contributed by atoms with E-state index >= 15 is 0 Å². The Bertz CT molecular complexity index is 871. The Morgan fingerprint density at radius 2 is 1.83 bits per heavy atom. The van der Waals surface area contributed by atoms with Crippen molar-refractivity contribution in [3.05, 3.63) is 52.7 Å². The van der Waals surface area contributed by atoms with Gasteiger partial charge in [-0.05, 0) is 44.9 Å². The summed E-state index contributed by atoms with van der Waals surface area (Å²) >= 11 is 0. The first-order chi connectivity index (χ1) is 14.0. The van der Waals surface area contributed by atoms with Crippen molar-refractivity contribution in [1.82, 2.24) is 9.47 Å². The fraction of sp³-hybridized carbons (Fsp3) is 0.500. The average molecular weight is 393 g/mol. The maximum atomic E-state index is 12.9. The van der Waals surface area contributed by atoms with Gasteiger partial charge in [-0.15, -0.1) is 0 Å². The van der Waals surface area contributed by atoms with Crippen LogP contribution in [0.15, 0.2) is 30.3 Å². The maximum absolute atomic E-state index is 12.9. The number of aromatic nitrogens is 1. The van der Waals surface area contributed by atoms with Crippen LogP contribution in [0.2, 0.25) is 0 Å². The monoisotopic (exact) mass is 392 g/mol. The number of likely N-dealkylation sites (N-methyl/N-ethyl adjacent to an activating group) is 1. The van der Waals surface area contributed by atoms with Crippen LogP contribution in [0.1, 0.15) is 60.9 Å². The van der Waals surface area contributed by atoms with Crippen molar-refractivity contribution in [3.8, 4) is 6.07 Å². The van der Waals surface area contributed by atoms with Gasteiger partial charge in [0.2, 0.25) is 5.91 Å². The molecule has 1 amide bonds. The van der Waals surface area contributed by atoms with E-state index in [1.807, 2.05) is 43.7 Å². The molecule has 1 saturated carbocycles. The number of anilines is 1. The number of nitrogens with zero attached hydrogens (tertiary/aromatic N) is 3. The van der Waals surface area contributed by atoms with Gasteiger partial charge in [-0.2, -0.15) is 5.26 Å². The molecular formula is C24H32N4O. The number of amides is 1. The van der Waals surface area contributed by atoms with Crippen LogP contribution >= 0.6 is 0 Å². The first-order valence-electron chi connectivity index (χ1n) is 10.6. The molecule has 0 atom stereocenters. The molecular weight excluding hydrogens is 360 g/mol. The van der Waals surface area contributed by atoms with E-state index in [0.717, 1.165) is 29.7 Å². The molecule has 0 radical (unpaired) electrons. The molecule has 2 aromatic rings. The van der Waals surface area contributed by atoms with E-state index in [1.165, 1.54) is 25.7 Å². The van der Waals surface area contributed by atoms with E-state index in [0.29, 0.717) is 30.5 Å². The Morgan fingerprint density at radius 3 is 2.45 bits per heavy atom. The second-order valence-corrected chi connectivity index (χ2v) is 8.23. The summed E-state index contributed by atoms with van der Waals surface area (Å²) in [6, 6.07) is 12.9. The Hall–Kier alpha value is -2.58. The fourth-order valence-electron chi connectivity index (χ4n) is 4.32. The van der Waals surface area contributed by atoms with Crippen LogP contribution in [0.25, 0.3) is 0 Å². The molecule has 154 valence electrons. The van der Waals surface area contributed by atoms with Gasteiger partial charge in [-0.1, -0.05) is 56.0 Å². The van der Waals surface area contributed by atoms with Gasteiger partial charge in [0, 0.05) is 18.3 Å². The lowest BCUT2D eigenvalue weighted by molar-refractivity contribution is -0.117. The minimum Gasteiger partial charge on any atom is -0.326 e. The minimum absolute atomic E-state index is 0.0555. The van der Waals surface area contributed by atoms with Crippen LogP contribution in [-0.2, 0) is 11.3 Å². The van der Waals surface area contributed by atoms with Crippen molar-refractivity contribution >= 4 is 11.7 Å². The summed E-state index contributed by atoms with van der Waals surface area (Å²) in [5.41, 5.74) is 3.64. The van der Waals surface area contributed by atoms with Gasteiger partial charge in [0.1, 0.15) is 11.9 Å². The van der Waals surface area contributed by atoms with Gasteiger partial charge in [0.05, 0.1) is 12.1 Å². The van der Waals surface area contributed by atoms with Gasteiger partial charge in [-0.25, -0.2) is 0 Å². The minimum atomic E-state index is -0.0555. The zero-order valence-corrected chi connectivity index (χ0v) is 17.9. The molecule has 1 aliphatic rings. The van der Waals surface area contributed by atoms with Crippen molar-refractivity contribution < 1.29 is 4.79 Å². The molecule has 0 bridgehead atoms. The molecule has 1 aromatic carbocycles. The van der Waals surface area contributed by atoms with Crippen LogP contribution in [0.4, 0.5) is 5.82 Å². The molecule has 0 saturated heterocycles. The lowest BCUT2D eigenvalue weighted by Gasteiger charge is -2.26. The number of carbonyl (C=O) groups is 1. The zero-order chi connectivity index (χ0) is 20.8. The number of hydrogen-bond donors (Lipinski definition) is 1. The van der Waals surface area contributed by atoms with E-state index in [1.54, 1.807) is 0 Å². The fourth-order valence-corrected chi connectivity index (χ4v) is 4.32. The van der Waals surface area contributed by atoms with Gasteiger partial charge >= 0.3 is 0 Å². The Kier molecular flexibility index (Phi) is 7.11. The van der Waals surface area contributed by atoms with Crippen LogP contribution in [0.3, 0.4) is 0 Å². The van der Waals surface area contributed by atoms with E-state index in [-0.39, 0.29) is 5.91 Å². The average Bonchev–Trinajstić information content (AvgIpc) is 2.92. The summed E-state index contributed by atoms with van der Waals surface area (Å²) in [7, 11) is 2.04. The highest BCUT2D eigenvalue weighted by Crippen LogP contribution is 2.27. The number of nitrogens with one attached hydrogen (secondary N) is 1.